The van der Waals surface area contributed by atoms with Gasteiger partial charge >= 0.3 is 0 Å². The van der Waals surface area contributed by atoms with Gasteiger partial charge in [0.1, 0.15) is 0 Å². The molecule has 148 valence electrons. The van der Waals surface area contributed by atoms with Crippen molar-refractivity contribution in [2.75, 3.05) is 14.1 Å². The van der Waals surface area contributed by atoms with Crippen molar-refractivity contribution in [2.45, 2.75) is 123 Å². The molecule has 6 unspecified atom stereocenters. The first-order valence-electron chi connectivity index (χ1n) is 10.2. The molecule has 0 aliphatic carbocycles. The van der Waals surface area contributed by atoms with Crippen molar-refractivity contribution in [1.29, 1.82) is 0 Å². The van der Waals surface area contributed by atoms with E-state index in [0.717, 1.165) is 0 Å². The summed E-state index contributed by atoms with van der Waals surface area (Å²) in [5, 5.41) is 0. The van der Waals surface area contributed by atoms with Crippen LogP contribution < -0.4 is 0 Å². The molecule has 0 aromatic rings. The third-order valence-electron chi connectivity index (χ3n) is 7.81. The highest BCUT2D eigenvalue weighted by Gasteiger charge is 2.50. The number of hydrogen-bond acceptors (Lipinski definition) is 4. The van der Waals surface area contributed by atoms with Gasteiger partial charge in [-0.15, -0.1) is 0 Å². The highest BCUT2D eigenvalue weighted by Crippen LogP contribution is 2.41. The van der Waals surface area contributed by atoms with Crippen LogP contribution in [0.2, 0.25) is 0 Å². The van der Waals surface area contributed by atoms with Crippen LogP contribution in [-0.4, -0.2) is 81.3 Å². The topological polar surface area (TPSA) is 13.0 Å². The lowest BCUT2D eigenvalue weighted by atomic mass is 9.82. The monoisotopic (exact) mass is 352 g/mol. The Kier molecular flexibility index (Phi) is 5.73. The van der Waals surface area contributed by atoms with E-state index in [4.69, 9.17) is 0 Å². The van der Waals surface area contributed by atoms with Gasteiger partial charge < -0.3 is 0 Å². The van der Waals surface area contributed by atoms with Crippen LogP contribution in [0.3, 0.4) is 0 Å². The molecule has 4 heteroatoms. The molecular formula is C21H44N4. The maximum absolute atomic E-state index is 2.75. The number of rotatable bonds is 4. The normalized spacial score (nSPS) is 40.3. The van der Waals surface area contributed by atoms with Crippen molar-refractivity contribution < 1.29 is 0 Å². The van der Waals surface area contributed by atoms with E-state index in [9.17, 15) is 0 Å². The van der Waals surface area contributed by atoms with Crippen molar-refractivity contribution in [2.24, 2.45) is 0 Å². The first-order valence-corrected chi connectivity index (χ1v) is 10.2. The van der Waals surface area contributed by atoms with E-state index >= 15 is 0 Å². The lowest BCUT2D eigenvalue weighted by molar-refractivity contribution is -0.0240. The van der Waals surface area contributed by atoms with Gasteiger partial charge in [-0.1, -0.05) is 0 Å². The fraction of sp³-hybridized carbons (Fsp3) is 1.00. The Morgan fingerprint density at radius 3 is 1.04 bits per heavy atom. The highest BCUT2D eigenvalue weighted by molar-refractivity contribution is 5.05. The van der Waals surface area contributed by atoms with E-state index in [1.807, 2.05) is 0 Å². The van der Waals surface area contributed by atoms with Crippen molar-refractivity contribution in [3.63, 3.8) is 0 Å². The van der Waals surface area contributed by atoms with Gasteiger partial charge in [0.2, 0.25) is 0 Å². The second-order valence-corrected chi connectivity index (χ2v) is 10.2. The standard InChI is InChI=1S/C21H44N4/c1-14-16(3)24(18(5)22(14)11)20(7,8)13-21(9,10)25-17(4)15(2)23(12)19(25)6/h14-19H,13H2,1-12H3. The van der Waals surface area contributed by atoms with Crippen LogP contribution in [0.5, 0.6) is 0 Å². The Bertz CT molecular complexity index is 405. The molecule has 0 spiro atoms. The average molecular weight is 353 g/mol. The molecule has 0 amide bonds. The van der Waals surface area contributed by atoms with Gasteiger partial charge in [0.05, 0.1) is 12.3 Å². The van der Waals surface area contributed by atoms with Crippen molar-refractivity contribution in [1.82, 2.24) is 19.6 Å². The Labute approximate surface area is 157 Å². The minimum absolute atomic E-state index is 0.158. The average Bonchev–Trinajstić information content (AvgIpc) is 2.79. The van der Waals surface area contributed by atoms with Gasteiger partial charge in [0, 0.05) is 35.2 Å². The molecule has 0 saturated carbocycles. The molecule has 2 saturated heterocycles. The van der Waals surface area contributed by atoms with E-state index in [1.165, 1.54) is 6.42 Å². The summed E-state index contributed by atoms with van der Waals surface area (Å²) < 4.78 is 0. The number of nitrogens with zero attached hydrogens (tertiary/aromatic N) is 4. The molecule has 0 aromatic heterocycles. The summed E-state index contributed by atoms with van der Waals surface area (Å²) >= 11 is 0. The summed E-state index contributed by atoms with van der Waals surface area (Å²) in [6.45, 7) is 24.1. The maximum atomic E-state index is 2.75. The molecule has 4 nitrogen and oxygen atoms in total. The molecule has 2 aliphatic rings. The minimum atomic E-state index is 0.158. The largest absolute Gasteiger partial charge is 0.287 e. The van der Waals surface area contributed by atoms with E-state index < -0.39 is 0 Å². The van der Waals surface area contributed by atoms with Crippen LogP contribution in [0.25, 0.3) is 0 Å². The van der Waals surface area contributed by atoms with Crippen LogP contribution in [-0.2, 0) is 0 Å². The summed E-state index contributed by atoms with van der Waals surface area (Å²) in [5.41, 5.74) is 0.316. The lowest BCUT2D eigenvalue weighted by Gasteiger charge is -2.50. The van der Waals surface area contributed by atoms with Crippen LogP contribution in [0.4, 0.5) is 0 Å². The van der Waals surface area contributed by atoms with E-state index in [1.54, 1.807) is 0 Å². The van der Waals surface area contributed by atoms with Crippen LogP contribution in [0.15, 0.2) is 0 Å². The van der Waals surface area contributed by atoms with Crippen LogP contribution in [0, 0.1) is 0 Å². The Balaban J connectivity index is 2.24. The van der Waals surface area contributed by atoms with E-state index in [2.05, 4.69) is 103 Å². The number of hydrogen-bond donors (Lipinski definition) is 0. The first kappa shape index (κ1) is 21.1. The summed E-state index contributed by atoms with van der Waals surface area (Å²) in [7, 11) is 4.54. The smallest absolute Gasteiger partial charge is 0.0601 e. The SMILES string of the molecule is CC1C(C)N(C(C)(C)CC(C)(C)N2C(C)C(C)N(C)C2C)C(C)N1C. The zero-order valence-electron chi connectivity index (χ0n) is 19.0. The van der Waals surface area contributed by atoms with Crippen LogP contribution >= 0.6 is 0 Å². The zero-order valence-corrected chi connectivity index (χ0v) is 19.0. The molecule has 2 fully saturated rings. The molecule has 0 aromatic carbocycles. The summed E-state index contributed by atoms with van der Waals surface area (Å²) in [5.74, 6) is 0. The second-order valence-electron chi connectivity index (χ2n) is 10.2. The van der Waals surface area contributed by atoms with Gasteiger partial charge in [-0.25, -0.2) is 0 Å². The van der Waals surface area contributed by atoms with Crippen molar-refractivity contribution in [3.05, 3.63) is 0 Å². The van der Waals surface area contributed by atoms with Gasteiger partial charge in [-0.05, 0) is 89.8 Å². The van der Waals surface area contributed by atoms with Gasteiger partial charge in [-0.2, -0.15) is 0 Å². The molecule has 2 rings (SSSR count). The minimum Gasteiger partial charge on any atom is -0.287 e. The fourth-order valence-corrected chi connectivity index (χ4v) is 6.25. The molecule has 6 atom stereocenters. The highest BCUT2D eigenvalue weighted by atomic mass is 15.5. The Morgan fingerprint density at radius 1 is 0.560 bits per heavy atom. The Hall–Kier alpha value is -0.160. The molecule has 25 heavy (non-hydrogen) atoms. The summed E-state index contributed by atoms with van der Waals surface area (Å²) in [6.07, 6.45) is 2.15. The molecule has 0 N–H and O–H groups in total. The molecule has 0 radical (unpaired) electrons. The fourth-order valence-electron chi connectivity index (χ4n) is 6.25. The van der Waals surface area contributed by atoms with Crippen molar-refractivity contribution >= 4 is 0 Å². The summed E-state index contributed by atoms with van der Waals surface area (Å²) in [4.78, 5) is 10.5. The predicted molar refractivity (Wildman–Crippen MR) is 109 cm³/mol. The third-order valence-corrected chi connectivity index (χ3v) is 7.81. The quantitative estimate of drug-likeness (QED) is 0.765. The first-order chi connectivity index (χ1) is 11.2. The predicted octanol–water partition coefficient (Wildman–Crippen LogP) is 3.67. The van der Waals surface area contributed by atoms with Gasteiger partial charge in [-0.3, -0.25) is 19.6 Å². The van der Waals surface area contributed by atoms with Gasteiger partial charge in [0.15, 0.2) is 0 Å². The van der Waals surface area contributed by atoms with Gasteiger partial charge in [0.25, 0.3) is 0 Å². The van der Waals surface area contributed by atoms with E-state index in [-0.39, 0.29) is 11.1 Å². The second kappa shape index (κ2) is 6.78. The molecular weight excluding hydrogens is 308 g/mol. The van der Waals surface area contributed by atoms with Crippen LogP contribution in [0.1, 0.15) is 75.7 Å². The molecule has 2 heterocycles. The number of likely N-dealkylation sites (N-methyl/N-ethyl adjacent to an activating group) is 2. The van der Waals surface area contributed by atoms with E-state index in [0.29, 0.717) is 36.5 Å². The summed E-state index contributed by atoms with van der Waals surface area (Å²) in [6, 6.07) is 2.38. The lowest BCUT2D eigenvalue weighted by Crippen LogP contribution is -2.59. The zero-order chi connectivity index (χ0) is 19.5. The van der Waals surface area contributed by atoms with Crippen molar-refractivity contribution in [3.8, 4) is 0 Å². The Morgan fingerprint density at radius 2 is 0.840 bits per heavy atom. The molecule has 2 aliphatic heterocycles. The maximum Gasteiger partial charge on any atom is 0.0601 e. The third kappa shape index (κ3) is 3.40. The molecule has 0 bridgehead atoms.